The highest BCUT2D eigenvalue weighted by Crippen LogP contribution is 2.18. The number of carbonyl (C=O) groups excluding carboxylic acids is 2. The Morgan fingerprint density at radius 1 is 1.43 bits per heavy atom. The molecule has 1 rings (SSSR count). The van der Waals surface area contributed by atoms with Gasteiger partial charge in [-0.1, -0.05) is 13.8 Å². The van der Waals surface area contributed by atoms with E-state index in [4.69, 9.17) is 4.42 Å². The Morgan fingerprint density at radius 2 is 2.10 bits per heavy atom. The number of nitro groups is 1. The van der Waals surface area contributed by atoms with Gasteiger partial charge in [-0.2, -0.15) is 0 Å². The number of carbonyl (C=O) groups is 2. The first-order valence-corrected chi connectivity index (χ1v) is 6.45. The van der Waals surface area contributed by atoms with E-state index in [1.807, 2.05) is 13.8 Å². The lowest BCUT2D eigenvalue weighted by Crippen LogP contribution is -2.35. The lowest BCUT2D eigenvalue weighted by atomic mass is 10.2. The molecule has 0 fully saturated rings. The third-order valence-corrected chi connectivity index (χ3v) is 2.67. The molecule has 0 radical (unpaired) electrons. The molecule has 0 unspecified atom stereocenters. The average molecular weight is 298 g/mol. The van der Waals surface area contributed by atoms with Crippen molar-refractivity contribution in [2.75, 3.05) is 20.2 Å². The molecule has 116 valence electrons. The van der Waals surface area contributed by atoms with Crippen LogP contribution in [-0.2, 0) is 9.53 Å². The average Bonchev–Trinajstić information content (AvgIpc) is 2.91. The molecule has 0 spiro atoms. The van der Waals surface area contributed by atoms with Gasteiger partial charge >= 0.3 is 11.9 Å². The maximum atomic E-state index is 12.3. The van der Waals surface area contributed by atoms with E-state index in [2.05, 4.69) is 4.74 Å². The van der Waals surface area contributed by atoms with Gasteiger partial charge in [0.25, 0.3) is 5.91 Å². The molecule has 21 heavy (non-hydrogen) atoms. The summed E-state index contributed by atoms with van der Waals surface area (Å²) in [6.45, 7) is 4.41. The van der Waals surface area contributed by atoms with Crippen LogP contribution in [0.1, 0.15) is 30.8 Å². The van der Waals surface area contributed by atoms with Crippen LogP contribution < -0.4 is 0 Å². The van der Waals surface area contributed by atoms with Crippen LogP contribution in [-0.4, -0.2) is 41.9 Å². The smallest absolute Gasteiger partial charge is 0.433 e. The molecule has 0 aliphatic carbocycles. The van der Waals surface area contributed by atoms with Gasteiger partial charge in [0.2, 0.25) is 0 Å². The van der Waals surface area contributed by atoms with Crippen LogP contribution in [0.2, 0.25) is 0 Å². The van der Waals surface area contributed by atoms with Gasteiger partial charge in [0.05, 0.1) is 19.6 Å². The molecule has 1 amide bonds. The largest absolute Gasteiger partial charge is 0.469 e. The Morgan fingerprint density at radius 3 is 2.57 bits per heavy atom. The second-order valence-electron chi connectivity index (χ2n) is 4.87. The first-order chi connectivity index (χ1) is 9.85. The van der Waals surface area contributed by atoms with Crippen LogP contribution in [0.15, 0.2) is 16.5 Å². The van der Waals surface area contributed by atoms with Gasteiger partial charge < -0.3 is 14.1 Å². The fraction of sp³-hybridized carbons (Fsp3) is 0.538. The predicted octanol–water partition coefficient (Wildman–Crippen LogP) is 1.85. The summed E-state index contributed by atoms with van der Waals surface area (Å²) in [5.41, 5.74) is 0. The number of ether oxygens (including phenoxy) is 1. The summed E-state index contributed by atoms with van der Waals surface area (Å²) in [4.78, 5) is 34.7. The quantitative estimate of drug-likeness (QED) is 0.432. The second kappa shape index (κ2) is 7.41. The van der Waals surface area contributed by atoms with Crippen molar-refractivity contribution in [1.29, 1.82) is 0 Å². The fourth-order valence-corrected chi connectivity index (χ4v) is 1.74. The molecule has 0 N–H and O–H groups in total. The molecular weight excluding hydrogens is 280 g/mol. The number of methoxy groups -OCH3 is 1. The minimum absolute atomic E-state index is 0.0533. The first kappa shape index (κ1) is 16.7. The summed E-state index contributed by atoms with van der Waals surface area (Å²) in [6.07, 6.45) is 0.0533. The molecule has 0 saturated carbocycles. The minimum atomic E-state index is -0.710. The summed E-state index contributed by atoms with van der Waals surface area (Å²) in [5, 5.41) is 10.6. The van der Waals surface area contributed by atoms with Crippen molar-refractivity contribution in [1.82, 2.24) is 4.90 Å². The monoisotopic (exact) mass is 298 g/mol. The third-order valence-electron chi connectivity index (χ3n) is 2.67. The second-order valence-corrected chi connectivity index (χ2v) is 4.87. The zero-order chi connectivity index (χ0) is 16.0. The van der Waals surface area contributed by atoms with E-state index in [1.54, 1.807) is 0 Å². The Bertz CT molecular complexity index is 522. The van der Waals surface area contributed by atoms with Gasteiger partial charge in [-0.3, -0.25) is 19.7 Å². The molecule has 0 aliphatic rings. The Balaban J connectivity index is 2.82. The highest BCUT2D eigenvalue weighted by atomic mass is 16.6. The molecule has 0 aliphatic heterocycles. The summed E-state index contributed by atoms with van der Waals surface area (Å²) < 4.78 is 9.43. The van der Waals surface area contributed by atoms with Gasteiger partial charge in [-0.05, 0) is 12.0 Å². The topological polar surface area (TPSA) is 103 Å². The summed E-state index contributed by atoms with van der Waals surface area (Å²) in [7, 11) is 1.27. The van der Waals surface area contributed by atoms with Crippen molar-refractivity contribution in [3.05, 3.63) is 28.0 Å². The maximum absolute atomic E-state index is 12.3. The van der Waals surface area contributed by atoms with Crippen molar-refractivity contribution in [2.24, 2.45) is 5.92 Å². The zero-order valence-corrected chi connectivity index (χ0v) is 12.2. The molecule has 8 heteroatoms. The van der Waals surface area contributed by atoms with E-state index in [0.29, 0.717) is 6.54 Å². The van der Waals surface area contributed by atoms with Crippen molar-refractivity contribution >= 4 is 17.8 Å². The predicted molar refractivity (Wildman–Crippen MR) is 72.7 cm³/mol. The van der Waals surface area contributed by atoms with E-state index in [1.165, 1.54) is 18.1 Å². The molecule has 0 aromatic carbocycles. The van der Waals surface area contributed by atoms with Crippen LogP contribution in [0.5, 0.6) is 0 Å². The molecule has 1 heterocycles. The highest BCUT2D eigenvalue weighted by Gasteiger charge is 2.23. The van der Waals surface area contributed by atoms with Crippen molar-refractivity contribution in [2.45, 2.75) is 20.3 Å². The van der Waals surface area contributed by atoms with E-state index in [0.717, 1.165) is 6.07 Å². The van der Waals surface area contributed by atoms with Gasteiger partial charge in [0.1, 0.15) is 4.92 Å². The van der Waals surface area contributed by atoms with Crippen molar-refractivity contribution in [3.8, 4) is 0 Å². The van der Waals surface area contributed by atoms with Crippen LogP contribution in [0.3, 0.4) is 0 Å². The van der Waals surface area contributed by atoms with E-state index < -0.39 is 22.7 Å². The van der Waals surface area contributed by atoms with Crippen LogP contribution in [0, 0.1) is 16.0 Å². The summed E-state index contributed by atoms with van der Waals surface area (Å²) in [6, 6.07) is 2.38. The van der Waals surface area contributed by atoms with Crippen molar-refractivity contribution in [3.63, 3.8) is 0 Å². The minimum Gasteiger partial charge on any atom is -0.469 e. The highest BCUT2D eigenvalue weighted by molar-refractivity contribution is 5.92. The molecule has 8 nitrogen and oxygen atoms in total. The first-order valence-electron chi connectivity index (χ1n) is 6.45. The van der Waals surface area contributed by atoms with Gasteiger partial charge in [-0.15, -0.1) is 0 Å². The zero-order valence-electron chi connectivity index (χ0n) is 12.2. The fourth-order valence-electron chi connectivity index (χ4n) is 1.74. The molecule has 0 atom stereocenters. The number of rotatable bonds is 7. The Labute approximate surface area is 121 Å². The van der Waals surface area contributed by atoms with E-state index >= 15 is 0 Å². The number of amides is 1. The molecule has 1 aromatic heterocycles. The maximum Gasteiger partial charge on any atom is 0.433 e. The summed E-state index contributed by atoms with van der Waals surface area (Å²) >= 11 is 0. The third kappa shape index (κ3) is 4.90. The molecule has 1 aromatic rings. The Kier molecular flexibility index (Phi) is 5.89. The van der Waals surface area contributed by atoms with E-state index in [-0.39, 0.29) is 24.6 Å². The Hall–Kier alpha value is -2.38. The summed E-state index contributed by atoms with van der Waals surface area (Å²) in [5.74, 6) is -1.35. The lowest BCUT2D eigenvalue weighted by molar-refractivity contribution is -0.402. The number of hydrogen-bond acceptors (Lipinski definition) is 6. The van der Waals surface area contributed by atoms with Gasteiger partial charge in [-0.25, -0.2) is 0 Å². The van der Waals surface area contributed by atoms with Crippen LogP contribution in [0.25, 0.3) is 0 Å². The molecular formula is C13H18N2O6. The lowest BCUT2D eigenvalue weighted by Gasteiger charge is -2.23. The van der Waals surface area contributed by atoms with Gasteiger partial charge in [0, 0.05) is 13.1 Å². The molecule has 0 saturated heterocycles. The van der Waals surface area contributed by atoms with Crippen LogP contribution >= 0.6 is 0 Å². The number of hydrogen-bond donors (Lipinski definition) is 0. The molecule has 0 bridgehead atoms. The van der Waals surface area contributed by atoms with E-state index in [9.17, 15) is 19.7 Å². The van der Waals surface area contributed by atoms with Crippen LogP contribution in [0.4, 0.5) is 5.88 Å². The number of furan rings is 1. The van der Waals surface area contributed by atoms with Gasteiger partial charge in [0.15, 0.2) is 5.76 Å². The van der Waals surface area contributed by atoms with Crippen molar-refractivity contribution < 1.29 is 23.7 Å². The normalized spacial score (nSPS) is 10.5. The number of nitrogens with zero attached hydrogens (tertiary/aromatic N) is 2. The number of esters is 1. The standard InChI is InChI=1S/C13H18N2O6/c1-9(2)8-14(7-6-12(16)20-3)13(17)10-4-5-11(21-10)15(18)19/h4-5,9H,6-8H2,1-3H3. The SMILES string of the molecule is COC(=O)CCN(CC(C)C)C(=O)c1ccc([N+](=O)[O-])o1.